The van der Waals surface area contributed by atoms with Gasteiger partial charge in [0.05, 0.1) is 0 Å². The molecule has 0 aliphatic carbocycles. The van der Waals surface area contributed by atoms with Crippen LogP contribution >= 0.6 is 0 Å². The van der Waals surface area contributed by atoms with Crippen LogP contribution in [0.3, 0.4) is 0 Å². The molecule has 0 fully saturated rings. The number of para-hydroxylation sites is 1. The second-order valence-electron chi connectivity index (χ2n) is 4.81. The van der Waals surface area contributed by atoms with Crippen molar-refractivity contribution < 1.29 is 14.6 Å². The van der Waals surface area contributed by atoms with E-state index in [9.17, 15) is 4.79 Å². The van der Waals surface area contributed by atoms with Crippen molar-refractivity contribution in [1.29, 1.82) is 0 Å². The summed E-state index contributed by atoms with van der Waals surface area (Å²) in [4.78, 5) is 11.1. The quantitative estimate of drug-likeness (QED) is 0.853. The van der Waals surface area contributed by atoms with Gasteiger partial charge in [-0.05, 0) is 17.5 Å². The standard InChI is InChI=1S/C14H20O3/c1-9(2)11-7-5-6-8-12(11)17-13(10(3)4)14(15)16/h5-10,13H,1-4H3,(H,15,16)/t13-/m0/s1. The largest absolute Gasteiger partial charge is 0.478 e. The Kier molecular flexibility index (Phi) is 4.55. The number of aliphatic carboxylic acids is 1. The van der Waals surface area contributed by atoms with E-state index in [1.807, 2.05) is 38.1 Å². The van der Waals surface area contributed by atoms with Gasteiger partial charge in [0.1, 0.15) is 5.75 Å². The number of hydrogen-bond acceptors (Lipinski definition) is 2. The molecule has 1 aromatic rings. The van der Waals surface area contributed by atoms with Crippen LogP contribution in [-0.4, -0.2) is 17.2 Å². The van der Waals surface area contributed by atoms with Gasteiger partial charge in [0, 0.05) is 5.92 Å². The molecule has 1 rings (SSSR count). The van der Waals surface area contributed by atoms with Gasteiger partial charge in [0.2, 0.25) is 0 Å². The maximum atomic E-state index is 11.1. The first-order valence-corrected chi connectivity index (χ1v) is 5.91. The lowest BCUT2D eigenvalue weighted by Gasteiger charge is -2.21. The molecule has 0 spiro atoms. The van der Waals surface area contributed by atoms with Crippen molar-refractivity contribution in [2.45, 2.75) is 39.7 Å². The van der Waals surface area contributed by atoms with Crippen molar-refractivity contribution in [3.8, 4) is 5.75 Å². The predicted octanol–water partition coefficient (Wildman–Crippen LogP) is 3.30. The zero-order valence-corrected chi connectivity index (χ0v) is 10.8. The molecule has 0 unspecified atom stereocenters. The van der Waals surface area contributed by atoms with Crippen molar-refractivity contribution in [1.82, 2.24) is 0 Å². The van der Waals surface area contributed by atoms with Crippen molar-refractivity contribution in [3.63, 3.8) is 0 Å². The number of ether oxygens (including phenoxy) is 1. The summed E-state index contributed by atoms with van der Waals surface area (Å²) in [5, 5.41) is 9.11. The summed E-state index contributed by atoms with van der Waals surface area (Å²) in [7, 11) is 0. The van der Waals surface area contributed by atoms with Crippen molar-refractivity contribution in [2.24, 2.45) is 5.92 Å². The summed E-state index contributed by atoms with van der Waals surface area (Å²) < 4.78 is 5.63. The van der Waals surface area contributed by atoms with E-state index in [1.165, 1.54) is 0 Å². The second-order valence-corrected chi connectivity index (χ2v) is 4.81. The SMILES string of the molecule is CC(C)c1ccccc1O[C@H](C(=O)O)C(C)C. The molecule has 0 aliphatic heterocycles. The minimum absolute atomic E-state index is 0.0623. The summed E-state index contributed by atoms with van der Waals surface area (Å²) in [5.74, 6) is 0.00249. The van der Waals surface area contributed by atoms with Gasteiger partial charge in [-0.1, -0.05) is 45.9 Å². The molecule has 0 saturated heterocycles. The molecule has 17 heavy (non-hydrogen) atoms. The Labute approximate surface area is 102 Å². The molecule has 1 atom stereocenters. The minimum atomic E-state index is -0.918. The normalized spacial score (nSPS) is 12.8. The number of rotatable bonds is 5. The van der Waals surface area contributed by atoms with Crippen LogP contribution in [0.2, 0.25) is 0 Å². The molecule has 0 aromatic heterocycles. The fraction of sp³-hybridized carbons (Fsp3) is 0.500. The van der Waals surface area contributed by atoms with E-state index in [0.717, 1.165) is 5.56 Å². The molecule has 3 nitrogen and oxygen atoms in total. The van der Waals surface area contributed by atoms with Gasteiger partial charge in [-0.3, -0.25) is 0 Å². The number of carboxylic acid groups (broad SMARTS) is 1. The highest BCUT2D eigenvalue weighted by atomic mass is 16.5. The van der Waals surface area contributed by atoms with E-state index in [2.05, 4.69) is 13.8 Å². The third-order valence-electron chi connectivity index (χ3n) is 2.64. The zero-order chi connectivity index (χ0) is 13.0. The molecular formula is C14H20O3. The first-order valence-electron chi connectivity index (χ1n) is 5.91. The summed E-state index contributed by atoms with van der Waals surface area (Å²) >= 11 is 0. The van der Waals surface area contributed by atoms with E-state index in [4.69, 9.17) is 9.84 Å². The first kappa shape index (κ1) is 13.6. The van der Waals surface area contributed by atoms with Crippen LogP contribution in [0.5, 0.6) is 5.75 Å². The molecule has 0 heterocycles. The van der Waals surface area contributed by atoms with Crippen molar-refractivity contribution >= 4 is 5.97 Å². The van der Waals surface area contributed by atoms with Crippen LogP contribution in [0.15, 0.2) is 24.3 Å². The first-order chi connectivity index (χ1) is 7.93. The molecule has 0 amide bonds. The Bertz CT molecular complexity index is 383. The maximum Gasteiger partial charge on any atom is 0.345 e. The van der Waals surface area contributed by atoms with E-state index < -0.39 is 12.1 Å². The van der Waals surface area contributed by atoms with Crippen LogP contribution in [0.25, 0.3) is 0 Å². The number of hydrogen-bond donors (Lipinski definition) is 1. The highest BCUT2D eigenvalue weighted by molar-refractivity contribution is 5.73. The lowest BCUT2D eigenvalue weighted by molar-refractivity contribution is -0.147. The molecule has 0 aliphatic rings. The molecule has 0 bridgehead atoms. The van der Waals surface area contributed by atoms with Crippen molar-refractivity contribution in [2.75, 3.05) is 0 Å². The number of carbonyl (C=O) groups is 1. The predicted molar refractivity (Wildman–Crippen MR) is 67.4 cm³/mol. The molecular weight excluding hydrogens is 216 g/mol. The monoisotopic (exact) mass is 236 g/mol. The molecule has 1 N–H and O–H groups in total. The van der Waals surface area contributed by atoms with Crippen LogP contribution in [0.1, 0.15) is 39.2 Å². The smallest absolute Gasteiger partial charge is 0.345 e. The van der Waals surface area contributed by atoms with Gasteiger partial charge in [0.25, 0.3) is 0 Å². The van der Waals surface area contributed by atoms with E-state index >= 15 is 0 Å². The number of benzene rings is 1. The van der Waals surface area contributed by atoms with Crippen LogP contribution in [0, 0.1) is 5.92 Å². The Morgan fingerprint density at radius 3 is 2.24 bits per heavy atom. The summed E-state index contributed by atoms with van der Waals surface area (Å²) in [6.45, 7) is 7.81. The summed E-state index contributed by atoms with van der Waals surface area (Å²) in [6, 6.07) is 7.60. The average Bonchev–Trinajstić information content (AvgIpc) is 2.25. The van der Waals surface area contributed by atoms with Crippen LogP contribution < -0.4 is 4.74 Å². The molecule has 1 aromatic carbocycles. The fourth-order valence-electron chi connectivity index (χ4n) is 1.67. The van der Waals surface area contributed by atoms with Gasteiger partial charge < -0.3 is 9.84 Å². The van der Waals surface area contributed by atoms with Gasteiger partial charge >= 0.3 is 5.97 Å². The molecule has 3 heteroatoms. The Morgan fingerprint density at radius 1 is 1.18 bits per heavy atom. The van der Waals surface area contributed by atoms with Gasteiger partial charge in [-0.2, -0.15) is 0 Å². The Balaban J connectivity index is 2.97. The average molecular weight is 236 g/mol. The lowest BCUT2D eigenvalue weighted by atomic mass is 10.0. The van der Waals surface area contributed by atoms with Crippen molar-refractivity contribution in [3.05, 3.63) is 29.8 Å². The maximum absolute atomic E-state index is 11.1. The topological polar surface area (TPSA) is 46.5 Å². The lowest BCUT2D eigenvalue weighted by Crippen LogP contribution is -2.32. The summed E-state index contributed by atoms with van der Waals surface area (Å²) in [6.07, 6.45) is -0.796. The van der Waals surface area contributed by atoms with E-state index in [-0.39, 0.29) is 5.92 Å². The van der Waals surface area contributed by atoms with Gasteiger partial charge in [-0.25, -0.2) is 4.79 Å². The van der Waals surface area contributed by atoms with Crippen LogP contribution in [0.4, 0.5) is 0 Å². The Hall–Kier alpha value is -1.51. The third kappa shape index (κ3) is 3.48. The van der Waals surface area contributed by atoms with Gasteiger partial charge in [-0.15, -0.1) is 0 Å². The fourth-order valence-corrected chi connectivity index (χ4v) is 1.67. The third-order valence-corrected chi connectivity index (χ3v) is 2.64. The van der Waals surface area contributed by atoms with Crippen LogP contribution in [-0.2, 0) is 4.79 Å². The zero-order valence-electron chi connectivity index (χ0n) is 10.8. The van der Waals surface area contributed by atoms with E-state index in [0.29, 0.717) is 11.7 Å². The second kappa shape index (κ2) is 5.71. The number of carboxylic acids is 1. The Morgan fingerprint density at radius 2 is 1.76 bits per heavy atom. The highest BCUT2D eigenvalue weighted by Crippen LogP contribution is 2.27. The molecule has 0 radical (unpaired) electrons. The summed E-state index contributed by atoms with van der Waals surface area (Å²) in [5.41, 5.74) is 1.04. The highest BCUT2D eigenvalue weighted by Gasteiger charge is 2.24. The van der Waals surface area contributed by atoms with E-state index in [1.54, 1.807) is 0 Å². The van der Waals surface area contributed by atoms with Gasteiger partial charge in [0.15, 0.2) is 6.10 Å². The molecule has 94 valence electrons. The minimum Gasteiger partial charge on any atom is -0.478 e. The molecule has 0 saturated carbocycles.